The molecule has 1 saturated heterocycles. The molecule has 1 aromatic carbocycles. The van der Waals surface area contributed by atoms with Crippen LogP contribution in [0.2, 0.25) is 0 Å². The molecule has 1 spiro atoms. The van der Waals surface area contributed by atoms with Crippen LogP contribution in [0, 0.1) is 0 Å². The van der Waals surface area contributed by atoms with Gasteiger partial charge in [0, 0.05) is 42.8 Å². The molecule has 2 aliphatic heterocycles. The number of benzene rings is 1. The van der Waals surface area contributed by atoms with Gasteiger partial charge in [0.1, 0.15) is 0 Å². The predicted octanol–water partition coefficient (Wildman–Crippen LogP) is 2.61. The lowest BCUT2D eigenvalue weighted by Crippen LogP contribution is -2.40. The van der Waals surface area contributed by atoms with Crippen molar-refractivity contribution in [1.29, 1.82) is 0 Å². The van der Waals surface area contributed by atoms with E-state index in [1.807, 2.05) is 42.6 Å². The third-order valence-electron chi connectivity index (χ3n) is 5.22. The van der Waals surface area contributed by atoms with Crippen LogP contribution >= 0.6 is 0 Å². The van der Waals surface area contributed by atoms with Gasteiger partial charge in [-0.25, -0.2) is 19.9 Å². The third-order valence-corrected chi connectivity index (χ3v) is 5.22. The minimum atomic E-state index is -0.126. The Kier molecular flexibility index (Phi) is 3.64. The van der Waals surface area contributed by atoms with Crippen LogP contribution in [0.1, 0.15) is 17.7 Å². The summed E-state index contributed by atoms with van der Waals surface area (Å²) in [4.78, 5) is 20.6. The minimum absolute atomic E-state index is 0.126. The molecular weight excluding hydrogens is 326 g/mol. The van der Waals surface area contributed by atoms with Crippen molar-refractivity contribution < 1.29 is 4.74 Å². The standard InChI is InChI=1S/C20H19N5O/c1-2-5-15(6-3-1)18-23-11-16-12-26-14-20(17(16)24-18)7-10-25(13-20)19-21-8-4-9-22-19/h1-6,8-9,11H,7,10,12-14H2/t20-/m0/s1. The van der Waals surface area contributed by atoms with E-state index in [4.69, 9.17) is 9.72 Å². The molecule has 1 atom stereocenters. The van der Waals surface area contributed by atoms with Crippen LogP contribution in [0.4, 0.5) is 5.95 Å². The van der Waals surface area contributed by atoms with Crippen molar-refractivity contribution in [3.8, 4) is 11.4 Å². The van der Waals surface area contributed by atoms with E-state index in [-0.39, 0.29) is 5.41 Å². The van der Waals surface area contributed by atoms with Crippen molar-refractivity contribution >= 4 is 5.95 Å². The van der Waals surface area contributed by atoms with Crippen LogP contribution < -0.4 is 4.90 Å². The fraction of sp³-hybridized carbons (Fsp3) is 0.300. The highest BCUT2D eigenvalue weighted by molar-refractivity contribution is 5.55. The Balaban J connectivity index is 1.53. The number of rotatable bonds is 2. The number of nitrogens with zero attached hydrogens (tertiary/aromatic N) is 5. The van der Waals surface area contributed by atoms with Crippen molar-refractivity contribution in [2.45, 2.75) is 18.4 Å². The van der Waals surface area contributed by atoms with Gasteiger partial charge in [-0.3, -0.25) is 0 Å². The largest absolute Gasteiger partial charge is 0.376 e. The Morgan fingerprint density at radius 1 is 1.00 bits per heavy atom. The first-order chi connectivity index (χ1) is 12.8. The molecule has 6 nitrogen and oxygen atoms in total. The monoisotopic (exact) mass is 345 g/mol. The number of aromatic nitrogens is 4. The second-order valence-corrected chi connectivity index (χ2v) is 6.93. The van der Waals surface area contributed by atoms with E-state index in [1.54, 1.807) is 12.4 Å². The van der Waals surface area contributed by atoms with Crippen molar-refractivity contribution in [2.24, 2.45) is 0 Å². The lowest BCUT2D eigenvalue weighted by atomic mass is 9.80. The Labute approximate surface area is 151 Å². The second kappa shape index (κ2) is 6.14. The first-order valence-electron chi connectivity index (χ1n) is 8.86. The summed E-state index contributed by atoms with van der Waals surface area (Å²) in [6.45, 7) is 2.97. The fourth-order valence-electron chi connectivity index (χ4n) is 3.93. The van der Waals surface area contributed by atoms with E-state index in [2.05, 4.69) is 19.9 Å². The van der Waals surface area contributed by atoms with Gasteiger partial charge in [-0.1, -0.05) is 30.3 Å². The average molecular weight is 345 g/mol. The topological polar surface area (TPSA) is 64.0 Å². The van der Waals surface area contributed by atoms with Gasteiger partial charge < -0.3 is 9.64 Å². The van der Waals surface area contributed by atoms with E-state index in [0.29, 0.717) is 13.2 Å². The predicted molar refractivity (Wildman–Crippen MR) is 97.7 cm³/mol. The number of anilines is 1. The highest BCUT2D eigenvalue weighted by atomic mass is 16.5. The summed E-state index contributed by atoms with van der Waals surface area (Å²) in [6.07, 6.45) is 6.47. The van der Waals surface area contributed by atoms with E-state index in [0.717, 1.165) is 48.1 Å². The van der Waals surface area contributed by atoms with Gasteiger partial charge in [-0.05, 0) is 12.5 Å². The lowest BCUT2D eigenvalue weighted by molar-refractivity contribution is 0.0557. The van der Waals surface area contributed by atoms with Crippen molar-refractivity contribution in [3.05, 3.63) is 66.2 Å². The summed E-state index contributed by atoms with van der Waals surface area (Å²) in [5, 5.41) is 0. The summed E-state index contributed by atoms with van der Waals surface area (Å²) in [6, 6.07) is 12.0. The zero-order chi connectivity index (χ0) is 17.4. The second-order valence-electron chi connectivity index (χ2n) is 6.93. The van der Waals surface area contributed by atoms with Gasteiger partial charge in [-0.15, -0.1) is 0 Å². The molecule has 0 saturated carbocycles. The highest BCUT2D eigenvalue weighted by Crippen LogP contribution is 2.40. The number of ether oxygens (including phenoxy) is 1. The van der Waals surface area contributed by atoms with Gasteiger partial charge in [0.15, 0.2) is 5.82 Å². The van der Waals surface area contributed by atoms with Crippen LogP contribution in [0.25, 0.3) is 11.4 Å². The molecule has 0 aliphatic carbocycles. The van der Waals surface area contributed by atoms with Gasteiger partial charge in [0.25, 0.3) is 0 Å². The lowest BCUT2D eigenvalue weighted by Gasteiger charge is -2.34. The van der Waals surface area contributed by atoms with Crippen LogP contribution in [-0.4, -0.2) is 39.6 Å². The Morgan fingerprint density at radius 3 is 2.69 bits per heavy atom. The maximum absolute atomic E-state index is 5.92. The molecule has 6 heteroatoms. The first-order valence-corrected chi connectivity index (χ1v) is 8.86. The molecule has 2 aromatic heterocycles. The molecule has 2 aliphatic rings. The maximum atomic E-state index is 5.92. The maximum Gasteiger partial charge on any atom is 0.225 e. The molecule has 4 heterocycles. The smallest absolute Gasteiger partial charge is 0.225 e. The van der Waals surface area contributed by atoms with Crippen LogP contribution in [-0.2, 0) is 16.8 Å². The number of fused-ring (bicyclic) bond motifs is 2. The summed E-state index contributed by atoms with van der Waals surface area (Å²) in [7, 11) is 0. The summed E-state index contributed by atoms with van der Waals surface area (Å²) >= 11 is 0. The quantitative estimate of drug-likeness (QED) is 0.711. The van der Waals surface area contributed by atoms with E-state index in [1.165, 1.54) is 0 Å². The van der Waals surface area contributed by atoms with Crippen molar-refractivity contribution in [1.82, 2.24) is 19.9 Å². The van der Waals surface area contributed by atoms with Crippen LogP contribution in [0.3, 0.4) is 0 Å². The van der Waals surface area contributed by atoms with Gasteiger partial charge >= 0.3 is 0 Å². The van der Waals surface area contributed by atoms with Crippen molar-refractivity contribution in [2.75, 3.05) is 24.6 Å². The molecule has 3 aromatic rings. The number of hydrogen-bond acceptors (Lipinski definition) is 6. The van der Waals surface area contributed by atoms with E-state index in [9.17, 15) is 0 Å². The highest BCUT2D eigenvalue weighted by Gasteiger charge is 2.45. The van der Waals surface area contributed by atoms with Gasteiger partial charge in [0.05, 0.1) is 24.3 Å². The average Bonchev–Trinajstić information content (AvgIpc) is 3.14. The molecule has 130 valence electrons. The zero-order valence-electron chi connectivity index (χ0n) is 14.4. The third kappa shape index (κ3) is 2.54. The molecular formula is C20H19N5O. The molecule has 26 heavy (non-hydrogen) atoms. The Bertz CT molecular complexity index is 918. The molecule has 0 bridgehead atoms. The van der Waals surface area contributed by atoms with Crippen molar-refractivity contribution in [3.63, 3.8) is 0 Å². The van der Waals surface area contributed by atoms with E-state index < -0.39 is 0 Å². The SMILES string of the molecule is c1ccc(-c2ncc3c(n2)[C@]2(CCN(c4ncccn4)C2)COC3)cc1. The normalized spacial score (nSPS) is 21.8. The first kappa shape index (κ1) is 15.4. The van der Waals surface area contributed by atoms with Gasteiger partial charge in [0.2, 0.25) is 5.95 Å². The summed E-state index contributed by atoms with van der Waals surface area (Å²) in [5.74, 6) is 1.55. The zero-order valence-corrected chi connectivity index (χ0v) is 14.4. The summed E-state index contributed by atoms with van der Waals surface area (Å²) in [5.41, 5.74) is 3.13. The molecule has 1 fully saturated rings. The molecule has 0 amide bonds. The van der Waals surface area contributed by atoms with E-state index >= 15 is 0 Å². The number of hydrogen-bond donors (Lipinski definition) is 0. The van der Waals surface area contributed by atoms with Crippen LogP contribution in [0.15, 0.2) is 55.0 Å². The fourth-order valence-corrected chi connectivity index (χ4v) is 3.93. The van der Waals surface area contributed by atoms with Crippen LogP contribution in [0.5, 0.6) is 0 Å². The molecule has 0 radical (unpaired) electrons. The minimum Gasteiger partial charge on any atom is -0.376 e. The van der Waals surface area contributed by atoms with Gasteiger partial charge in [-0.2, -0.15) is 0 Å². The Morgan fingerprint density at radius 2 is 1.85 bits per heavy atom. The summed E-state index contributed by atoms with van der Waals surface area (Å²) < 4.78 is 5.92. The molecule has 5 rings (SSSR count). The molecule has 0 N–H and O–H groups in total. The molecule has 0 unspecified atom stereocenters. The Hall–Kier alpha value is -2.86.